The topological polar surface area (TPSA) is 17.1 Å². The van der Waals surface area contributed by atoms with E-state index in [1.807, 2.05) is 0 Å². The molecule has 2 saturated carbocycles. The zero-order chi connectivity index (χ0) is 14.6. The van der Waals surface area contributed by atoms with E-state index in [2.05, 4.69) is 38.1 Å². The molecule has 112 valence electrons. The van der Waals surface area contributed by atoms with Gasteiger partial charge in [0.2, 0.25) is 0 Å². The van der Waals surface area contributed by atoms with Crippen molar-refractivity contribution in [2.45, 2.75) is 58.3 Å². The third kappa shape index (κ3) is 1.79. The Balaban J connectivity index is 1.79. The second-order valence-corrected chi connectivity index (χ2v) is 7.78. The molecule has 1 aromatic rings. The number of benzene rings is 1. The molecule has 4 rings (SSSR count). The highest BCUT2D eigenvalue weighted by molar-refractivity contribution is 5.87. The minimum Gasteiger partial charge on any atom is -0.299 e. The van der Waals surface area contributed by atoms with Gasteiger partial charge in [-0.15, -0.1) is 0 Å². The van der Waals surface area contributed by atoms with Gasteiger partial charge in [0, 0.05) is 11.8 Å². The molecular formula is C20H26O. The molecule has 2 fully saturated rings. The summed E-state index contributed by atoms with van der Waals surface area (Å²) in [5.41, 5.74) is 3.19. The molecule has 0 aromatic heterocycles. The zero-order valence-corrected chi connectivity index (χ0v) is 13.3. The van der Waals surface area contributed by atoms with Crippen LogP contribution in [0.1, 0.15) is 63.0 Å². The Kier molecular flexibility index (Phi) is 3.03. The summed E-state index contributed by atoms with van der Waals surface area (Å²) in [4.78, 5) is 12.4. The normalized spacial score (nSPS) is 41.3. The van der Waals surface area contributed by atoms with Gasteiger partial charge in [-0.2, -0.15) is 0 Å². The van der Waals surface area contributed by atoms with Crippen molar-refractivity contribution in [3.8, 4) is 0 Å². The van der Waals surface area contributed by atoms with E-state index in [0.717, 1.165) is 31.1 Å². The number of carbonyl (C=O) groups is 1. The fraction of sp³-hybridized carbons (Fsp3) is 0.650. The lowest BCUT2D eigenvalue weighted by Gasteiger charge is -2.51. The molecule has 0 saturated heterocycles. The van der Waals surface area contributed by atoms with Crippen LogP contribution in [0, 0.1) is 23.2 Å². The molecule has 0 N–H and O–H groups in total. The Hall–Kier alpha value is -1.11. The Morgan fingerprint density at radius 2 is 2.05 bits per heavy atom. The van der Waals surface area contributed by atoms with Crippen LogP contribution in [0.3, 0.4) is 0 Å². The van der Waals surface area contributed by atoms with Crippen molar-refractivity contribution in [3.63, 3.8) is 0 Å². The van der Waals surface area contributed by atoms with Crippen LogP contribution < -0.4 is 0 Å². The lowest BCUT2D eigenvalue weighted by atomic mass is 9.52. The highest BCUT2D eigenvalue weighted by Crippen LogP contribution is 2.61. The van der Waals surface area contributed by atoms with Crippen LogP contribution >= 0.6 is 0 Å². The van der Waals surface area contributed by atoms with Crippen LogP contribution in [0.4, 0.5) is 0 Å². The molecule has 1 heteroatoms. The number of Topliss-reactive ketones (excluding diaryl/α,β-unsaturated/α-hetero) is 1. The maximum atomic E-state index is 12.4. The lowest BCUT2D eigenvalue weighted by Crippen LogP contribution is -2.46. The molecule has 5 atom stereocenters. The van der Waals surface area contributed by atoms with Gasteiger partial charge < -0.3 is 0 Å². The summed E-state index contributed by atoms with van der Waals surface area (Å²) < 4.78 is 0. The zero-order valence-electron chi connectivity index (χ0n) is 13.3. The molecule has 1 aromatic carbocycles. The first-order valence-corrected chi connectivity index (χ1v) is 8.76. The second kappa shape index (κ2) is 4.69. The first-order valence-electron chi connectivity index (χ1n) is 8.76. The van der Waals surface area contributed by atoms with Crippen molar-refractivity contribution in [3.05, 3.63) is 35.4 Å². The van der Waals surface area contributed by atoms with E-state index in [9.17, 15) is 4.79 Å². The summed E-state index contributed by atoms with van der Waals surface area (Å²) in [5.74, 6) is 3.43. The van der Waals surface area contributed by atoms with E-state index < -0.39 is 0 Å². The number of hydrogen-bond donors (Lipinski definition) is 0. The van der Waals surface area contributed by atoms with Gasteiger partial charge in [-0.3, -0.25) is 4.79 Å². The molecule has 3 aliphatic carbocycles. The van der Waals surface area contributed by atoms with Crippen molar-refractivity contribution in [2.24, 2.45) is 23.2 Å². The first-order chi connectivity index (χ1) is 10.1. The van der Waals surface area contributed by atoms with Gasteiger partial charge in [-0.1, -0.05) is 44.5 Å². The van der Waals surface area contributed by atoms with Gasteiger partial charge in [0.15, 0.2) is 0 Å². The molecule has 0 radical (unpaired) electrons. The second-order valence-electron chi connectivity index (χ2n) is 7.78. The maximum absolute atomic E-state index is 12.4. The van der Waals surface area contributed by atoms with E-state index in [1.54, 1.807) is 11.1 Å². The molecule has 1 nitrogen and oxygen atoms in total. The van der Waals surface area contributed by atoms with E-state index in [4.69, 9.17) is 0 Å². The maximum Gasteiger partial charge on any atom is 0.139 e. The summed E-state index contributed by atoms with van der Waals surface area (Å²) in [6, 6.07) is 9.09. The third-order valence-electron chi connectivity index (χ3n) is 7.05. The third-order valence-corrected chi connectivity index (χ3v) is 7.05. The number of carbonyl (C=O) groups excluding carboxylic acids is 1. The summed E-state index contributed by atoms with van der Waals surface area (Å²) in [5, 5.41) is 0. The van der Waals surface area contributed by atoms with E-state index in [0.29, 0.717) is 17.6 Å². The molecule has 0 heterocycles. The van der Waals surface area contributed by atoms with Gasteiger partial charge in [0.1, 0.15) is 5.78 Å². The van der Waals surface area contributed by atoms with Crippen LogP contribution in [0.15, 0.2) is 24.3 Å². The van der Waals surface area contributed by atoms with Crippen LogP contribution in [-0.2, 0) is 11.2 Å². The Labute approximate surface area is 128 Å². The van der Waals surface area contributed by atoms with Crippen molar-refractivity contribution in [1.29, 1.82) is 0 Å². The Morgan fingerprint density at radius 1 is 1.24 bits per heavy atom. The average molecular weight is 282 g/mol. The largest absolute Gasteiger partial charge is 0.299 e. The standard InChI is InChI=1S/C20H26O/c1-3-13-12-14-6-4-5-7-15(14)16-10-11-20(2)17(19(13)16)8-9-18(20)21/h4-7,13,16-17,19H,3,8-12H2,1-2H3/t13-,16+,17-,19+,20-/m0/s1. The van der Waals surface area contributed by atoms with Crippen molar-refractivity contribution in [2.75, 3.05) is 0 Å². The van der Waals surface area contributed by atoms with Crippen LogP contribution in [0.5, 0.6) is 0 Å². The Bertz CT molecular complexity index is 575. The van der Waals surface area contributed by atoms with E-state index in [1.165, 1.54) is 19.3 Å². The van der Waals surface area contributed by atoms with Crippen molar-refractivity contribution >= 4 is 5.78 Å². The number of fused-ring (bicyclic) bond motifs is 5. The first kappa shape index (κ1) is 13.5. The predicted octanol–water partition coefficient (Wildman–Crippen LogP) is 4.75. The fourth-order valence-corrected chi connectivity index (χ4v) is 5.90. The smallest absolute Gasteiger partial charge is 0.139 e. The van der Waals surface area contributed by atoms with E-state index >= 15 is 0 Å². The number of ketones is 1. The number of rotatable bonds is 1. The molecule has 3 aliphatic rings. The average Bonchev–Trinajstić information content (AvgIpc) is 2.82. The molecule has 0 spiro atoms. The van der Waals surface area contributed by atoms with Crippen LogP contribution in [-0.4, -0.2) is 5.78 Å². The Morgan fingerprint density at radius 3 is 2.86 bits per heavy atom. The summed E-state index contributed by atoms with van der Waals surface area (Å²) in [6.07, 6.45) is 6.81. The summed E-state index contributed by atoms with van der Waals surface area (Å²) >= 11 is 0. The summed E-state index contributed by atoms with van der Waals surface area (Å²) in [7, 11) is 0. The minimum absolute atomic E-state index is 0.000863. The van der Waals surface area contributed by atoms with Gasteiger partial charge in [0.25, 0.3) is 0 Å². The van der Waals surface area contributed by atoms with Gasteiger partial charge in [0.05, 0.1) is 0 Å². The SMILES string of the molecule is CC[C@H]1Cc2ccccc2[C@H]2CC[C@]3(C)C(=O)CC[C@H]3[C@H]12. The molecule has 0 unspecified atom stereocenters. The fourth-order valence-electron chi connectivity index (χ4n) is 5.90. The van der Waals surface area contributed by atoms with Crippen LogP contribution in [0.25, 0.3) is 0 Å². The van der Waals surface area contributed by atoms with Gasteiger partial charge in [-0.05, 0) is 60.5 Å². The van der Waals surface area contributed by atoms with Crippen molar-refractivity contribution < 1.29 is 4.79 Å². The molecular weight excluding hydrogens is 256 g/mol. The van der Waals surface area contributed by atoms with Gasteiger partial charge >= 0.3 is 0 Å². The van der Waals surface area contributed by atoms with Gasteiger partial charge in [-0.25, -0.2) is 0 Å². The molecule has 0 amide bonds. The lowest BCUT2D eigenvalue weighted by molar-refractivity contribution is -0.130. The highest BCUT2D eigenvalue weighted by atomic mass is 16.1. The minimum atomic E-state index is 0.000863. The molecule has 0 bridgehead atoms. The molecule has 21 heavy (non-hydrogen) atoms. The molecule has 0 aliphatic heterocycles. The van der Waals surface area contributed by atoms with E-state index in [-0.39, 0.29) is 5.41 Å². The predicted molar refractivity (Wildman–Crippen MR) is 85.2 cm³/mol. The monoisotopic (exact) mass is 282 g/mol. The quantitative estimate of drug-likeness (QED) is 0.726. The van der Waals surface area contributed by atoms with Crippen LogP contribution in [0.2, 0.25) is 0 Å². The highest BCUT2D eigenvalue weighted by Gasteiger charge is 2.56. The summed E-state index contributed by atoms with van der Waals surface area (Å²) in [6.45, 7) is 4.62. The van der Waals surface area contributed by atoms with Crippen molar-refractivity contribution in [1.82, 2.24) is 0 Å². The number of hydrogen-bond acceptors (Lipinski definition) is 1.